The fourth-order valence-corrected chi connectivity index (χ4v) is 7.18. The quantitative estimate of drug-likeness (QED) is 0.593. The molecule has 1 unspecified atom stereocenters. The van der Waals surface area contributed by atoms with Gasteiger partial charge in [-0.25, -0.2) is 16.8 Å². The van der Waals surface area contributed by atoms with Crippen molar-refractivity contribution in [3.8, 4) is 5.75 Å². The van der Waals surface area contributed by atoms with Crippen molar-refractivity contribution >= 4 is 31.7 Å². The van der Waals surface area contributed by atoms with Gasteiger partial charge in [0.15, 0.2) is 0 Å². The third kappa shape index (κ3) is 4.57. The predicted molar refractivity (Wildman–Crippen MR) is 111 cm³/mol. The molecule has 2 fully saturated rings. The van der Waals surface area contributed by atoms with Crippen LogP contribution >= 0.6 is 0 Å². The van der Waals surface area contributed by atoms with Gasteiger partial charge in [0, 0.05) is 19.6 Å². The standard InChI is InChI=1S/C19H28N2O7S2/c1-3-28-19(22)15-7-6-10-20(14-15)30(25,26)18-13-16(8-9-17(18)27-2)21-11-4-5-12-29(21,23)24/h8-9,13,15H,3-7,10-12,14H2,1-2H3. The van der Waals surface area contributed by atoms with Gasteiger partial charge < -0.3 is 9.47 Å². The topological polar surface area (TPSA) is 110 Å². The molecule has 1 aromatic rings. The van der Waals surface area contributed by atoms with Crippen molar-refractivity contribution in [1.82, 2.24) is 4.31 Å². The molecule has 2 aliphatic heterocycles. The van der Waals surface area contributed by atoms with Crippen molar-refractivity contribution in [1.29, 1.82) is 0 Å². The van der Waals surface area contributed by atoms with E-state index in [-0.39, 0.29) is 36.1 Å². The van der Waals surface area contributed by atoms with E-state index in [4.69, 9.17) is 9.47 Å². The van der Waals surface area contributed by atoms with E-state index in [0.29, 0.717) is 37.9 Å². The molecule has 3 rings (SSSR count). The fraction of sp³-hybridized carbons (Fsp3) is 0.632. The summed E-state index contributed by atoms with van der Waals surface area (Å²) < 4.78 is 64.6. The first-order valence-corrected chi connectivity index (χ1v) is 13.1. The molecule has 0 bridgehead atoms. The fourth-order valence-electron chi connectivity index (χ4n) is 3.85. The van der Waals surface area contributed by atoms with Crippen LogP contribution in [-0.4, -0.2) is 66.2 Å². The molecule has 0 saturated carbocycles. The van der Waals surface area contributed by atoms with Gasteiger partial charge in [0.1, 0.15) is 10.6 Å². The van der Waals surface area contributed by atoms with Gasteiger partial charge in [0.25, 0.3) is 0 Å². The number of carbonyl (C=O) groups excluding carboxylic acids is 1. The number of anilines is 1. The minimum Gasteiger partial charge on any atom is -0.495 e. The second-order valence-corrected chi connectivity index (χ2v) is 11.3. The van der Waals surface area contributed by atoms with Crippen molar-refractivity contribution in [2.45, 2.75) is 37.5 Å². The predicted octanol–water partition coefficient (Wildman–Crippen LogP) is 1.59. The first-order chi connectivity index (χ1) is 14.2. The zero-order chi connectivity index (χ0) is 21.9. The highest BCUT2D eigenvalue weighted by atomic mass is 32.2. The molecule has 2 saturated heterocycles. The van der Waals surface area contributed by atoms with E-state index in [1.807, 2.05) is 0 Å². The Bertz CT molecular complexity index is 992. The first kappa shape index (κ1) is 22.8. The Balaban J connectivity index is 1.95. The molecule has 0 aliphatic carbocycles. The zero-order valence-corrected chi connectivity index (χ0v) is 18.9. The highest BCUT2D eigenvalue weighted by Crippen LogP contribution is 2.35. The molecule has 0 radical (unpaired) electrons. The third-order valence-corrected chi connectivity index (χ3v) is 9.16. The van der Waals surface area contributed by atoms with Crippen LogP contribution in [0, 0.1) is 5.92 Å². The third-order valence-electron chi connectivity index (χ3n) is 5.41. The highest BCUT2D eigenvalue weighted by molar-refractivity contribution is 7.92. The Morgan fingerprint density at radius 1 is 1.20 bits per heavy atom. The maximum atomic E-state index is 13.4. The van der Waals surface area contributed by atoms with Crippen LogP contribution in [0.15, 0.2) is 23.1 Å². The number of sulfonamides is 2. The maximum Gasteiger partial charge on any atom is 0.310 e. The van der Waals surface area contributed by atoms with E-state index in [0.717, 1.165) is 0 Å². The summed E-state index contributed by atoms with van der Waals surface area (Å²) in [6.45, 7) is 2.55. The molecule has 0 spiro atoms. The van der Waals surface area contributed by atoms with Crippen LogP contribution in [0.25, 0.3) is 0 Å². The minimum atomic E-state index is -4.01. The van der Waals surface area contributed by atoms with Gasteiger partial charge in [-0.15, -0.1) is 0 Å². The maximum absolute atomic E-state index is 13.4. The Morgan fingerprint density at radius 3 is 2.63 bits per heavy atom. The van der Waals surface area contributed by atoms with Crippen LogP contribution in [0.4, 0.5) is 5.69 Å². The number of esters is 1. The van der Waals surface area contributed by atoms with Gasteiger partial charge >= 0.3 is 5.97 Å². The average Bonchev–Trinajstić information content (AvgIpc) is 2.73. The van der Waals surface area contributed by atoms with Gasteiger partial charge in [0.2, 0.25) is 20.0 Å². The number of ether oxygens (including phenoxy) is 2. The molecular formula is C19H28N2O7S2. The largest absolute Gasteiger partial charge is 0.495 e. The van der Waals surface area contributed by atoms with Gasteiger partial charge in [-0.3, -0.25) is 9.10 Å². The monoisotopic (exact) mass is 460 g/mol. The Labute approximate surface area is 178 Å². The van der Waals surface area contributed by atoms with Crippen molar-refractivity contribution in [3.63, 3.8) is 0 Å². The van der Waals surface area contributed by atoms with Crippen LogP contribution in [0.5, 0.6) is 5.75 Å². The molecule has 1 aromatic carbocycles. The molecule has 0 N–H and O–H groups in total. The van der Waals surface area contributed by atoms with Gasteiger partial charge in [0.05, 0.1) is 31.1 Å². The highest BCUT2D eigenvalue weighted by Gasteiger charge is 2.36. The van der Waals surface area contributed by atoms with E-state index in [1.165, 1.54) is 27.9 Å². The summed E-state index contributed by atoms with van der Waals surface area (Å²) in [4.78, 5) is 12.0. The Morgan fingerprint density at radius 2 is 1.97 bits per heavy atom. The van der Waals surface area contributed by atoms with Gasteiger partial charge in [-0.05, 0) is 50.8 Å². The number of piperidine rings is 1. The summed E-state index contributed by atoms with van der Waals surface area (Å²) in [5.41, 5.74) is 0.299. The Kier molecular flexibility index (Phi) is 6.93. The lowest BCUT2D eigenvalue weighted by Crippen LogP contribution is -2.43. The van der Waals surface area contributed by atoms with Crippen LogP contribution in [0.3, 0.4) is 0 Å². The van der Waals surface area contributed by atoms with E-state index >= 15 is 0 Å². The van der Waals surface area contributed by atoms with Crippen LogP contribution < -0.4 is 9.04 Å². The molecular weight excluding hydrogens is 432 g/mol. The SMILES string of the molecule is CCOC(=O)C1CCCN(S(=O)(=O)c2cc(N3CCCCS3(=O)=O)ccc2OC)C1. The van der Waals surface area contributed by atoms with Gasteiger partial charge in [-0.1, -0.05) is 0 Å². The van der Waals surface area contributed by atoms with Crippen molar-refractivity contribution in [2.75, 3.05) is 43.4 Å². The zero-order valence-electron chi connectivity index (χ0n) is 17.2. The second kappa shape index (κ2) is 9.11. The minimum absolute atomic E-state index is 0.0244. The second-order valence-electron chi connectivity index (χ2n) is 7.38. The number of nitrogens with zero attached hydrogens (tertiary/aromatic N) is 2. The lowest BCUT2D eigenvalue weighted by Gasteiger charge is -2.32. The molecule has 11 heteroatoms. The number of carbonyl (C=O) groups is 1. The molecule has 30 heavy (non-hydrogen) atoms. The van der Waals surface area contributed by atoms with E-state index in [2.05, 4.69) is 0 Å². The molecule has 0 aromatic heterocycles. The summed E-state index contributed by atoms with van der Waals surface area (Å²) in [7, 11) is -6.13. The summed E-state index contributed by atoms with van der Waals surface area (Å²) in [5.74, 6) is -0.761. The van der Waals surface area contributed by atoms with E-state index < -0.39 is 31.9 Å². The molecule has 9 nitrogen and oxygen atoms in total. The molecule has 2 heterocycles. The lowest BCUT2D eigenvalue weighted by atomic mass is 10.0. The summed E-state index contributed by atoms with van der Waals surface area (Å²) in [6, 6.07) is 4.38. The van der Waals surface area contributed by atoms with E-state index in [9.17, 15) is 21.6 Å². The van der Waals surface area contributed by atoms with Crippen LogP contribution in [0.2, 0.25) is 0 Å². The van der Waals surface area contributed by atoms with Crippen molar-refractivity contribution < 1.29 is 31.1 Å². The average molecular weight is 461 g/mol. The van der Waals surface area contributed by atoms with Crippen LogP contribution in [0.1, 0.15) is 32.6 Å². The summed E-state index contributed by atoms with van der Waals surface area (Å²) in [6.07, 6.45) is 2.39. The smallest absolute Gasteiger partial charge is 0.310 e. The molecule has 0 amide bonds. The number of benzene rings is 1. The number of rotatable bonds is 6. The first-order valence-electron chi connectivity index (χ1n) is 10.1. The number of hydrogen-bond acceptors (Lipinski definition) is 7. The molecule has 1 atom stereocenters. The molecule has 2 aliphatic rings. The van der Waals surface area contributed by atoms with Crippen LogP contribution in [-0.2, 0) is 29.6 Å². The van der Waals surface area contributed by atoms with Gasteiger partial charge in [-0.2, -0.15) is 4.31 Å². The normalized spacial score (nSPS) is 22.5. The number of hydrogen-bond donors (Lipinski definition) is 0. The summed E-state index contributed by atoms with van der Waals surface area (Å²) in [5, 5.41) is 0. The summed E-state index contributed by atoms with van der Waals surface area (Å²) >= 11 is 0. The lowest BCUT2D eigenvalue weighted by molar-refractivity contribution is -0.149. The van der Waals surface area contributed by atoms with Crippen molar-refractivity contribution in [2.24, 2.45) is 5.92 Å². The molecule has 168 valence electrons. The van der Waals surface area contributed by atoms with E-state index in [1.54, 1.807) is 13.0 Å². The Hall–Kier alpha value is -1.85. The number of methoxy groups -OCH3 is 1. The van der Waals surface area contributed by atoms with Crippen molar-refractivity contribution in [3.05, 3.63) is 18.2 Å².